The fraction of sp³-hybridized carbons (Fsp3) is 0.0566. The van der Waals surface area contributed by atoms with Crippen molar-refractivity contribution in [3.05, 3.63) is 193 Å². The van der Waals surface area contributed by atoms with Crippen molar-refractivity contribution < 1.29 is 0 Å². The van der Waals surface area contributed by atoms with Gasteiger partial charge >= 0.3 is 0 Å². The van der Waals surface area contributed by atoms with E-state index in [9.17, 15) is 0 Å². The topological polar surface area (TPSA) is 33.4 Å². The van der Waals surface area contributed by atoms with Crippen molar-refractivity contribution >= 4 is 87.1 Å². The van der Waals surface area contributed by atoms with Gasteiger partial charge < -0.3 is 14.3 Å². The van der Waals surface area contributed by atoms with Crippen molar-refractivity contribution in [2.45, 2.75) is 6.04 Å². The highest BCUT2D eigenvalue weighted by Gasteiger charge is 2.22. The maximum atomic E-state index is 3.52. The van der Waals surface area contributed by atoms with Gasteiger partial charge in [0, 0.05) is 61.5 Å². The number of nitrogens with zero attached hydrogens (tertiary/aromatic N) is 2. The number of para-hydroxylation sites is 3. The highest BCUT2D eigenvalue weighted by molar-refractivity contribution is 6.31. The molecular formula is C53H38N4. The van der Waals surface area contributed by atoms with Crippen molar-refractivity contribution in [1.29, 1.82) is 0 Å². The van der Waals surface area contributed by atoms with Gasteiger partial charge in [-0.05, 0) is 68.8 Å². The van der Waals surface area contributed by atoms with Crippen LogP contribution in [-0.4, -0.2) is 21.7 Å². The summed E-state index contributed by atoms with van der Waals surface area (Å²) in [7, 11) is 2.17. The van der Waals surface area contributed by atoms with Crippen LogP contribution in [-0.2, 0) is 7.05 Å². The fourth-order valence-corrected chi connectivity index (χ4v) is 9.76. The van der Waals surface area contributed by atoms with Crippen LogP contribution in [0.15, 0.2) is 188 Å². The highest BCUT2D eigenvalue weighted by Crippen LogP contribution is 2.43. The van der Waals surface area contributed by atoms with Crippen LogP contribution in [0.1, 0.15) is 5.56 Å². The number of aromatic nitrogens is 2. The van der Waals surface area contributed by atoms with Crippen LogP contribution in [0.4, 0.5) is 0 Å². The molecule has 0 saturated heterocycles. The third-order valence-electron chi connectivity index (χ3n) is 12.4. The molecule has 0 bridgehead atoms. The lowest BCUT2D eigenvalue weighted by molar-refractivity contribution is 0.600. The molecule has 4 heteroatoms. The molecule has 0 saturated carbocycles. The maximum Gasteiger partial charge on any atom is 0.0660 e. The molecule has 0 spiro atoms. The van der Waals surface area contributed by atoms with Gasteiger partial charge in [0.1, 0.15) is 0 Å². The van der Waals surface area contributed by atoms with Gasteiger partial charge in [-0.3, -0.25) is 5.32 Å². The van der Waals surface area contributed by atoms with E-state index in [2.05, 4.69) is 209 Å². The fourth-order valence-electron chi connectivity index (χ4n) is 9.76. The summed E-state index contributed by atoms with van der Waals surface area (Å²) in [6, 6.07) is 57.8. The lowest BCUT2D eigenvalue weighted by atomic mass is 9.93. The minimum Gasteiger partial charge on any atom is -0.372 e. The number of rotatable bonds is 2. The Hall–Kier alpha value is -7.14. The van der Waals surface area contributed by atoms with Crippen molar-refractivity contribution in [3.63, 3.8) is 0 Å². The summed E-state index contributed by atoms with van der Waals surface area (Å²) in [6.07, 6.45) is 8.62. The predicted molar refractivity (Wildman–Crippen MR) is 242 cm³/mol. The van der Waals surface area contributed by atoms with Gasteiger partial charge in [0.05, 0.1) is 29.3 Å². The summed E-state index contributed by atoms with van der Waals surface area (Å²) in [4.78, 5) is 0. The smallest absolute Gasteiger partial charge is 0.0660 e. The SMILES string of the molecule is C1=CC2=C(c3ccc4cc(-c5ccccc5)ccc4c3)NCNC2C=C1.Cn1c2ccccc2c2c3ccc4c5cccc6c7ccccc7n(c4c3ccc21)c65. The van der Waals surface area contributed by atoms with Gasteiger partial charge in [-0.2, -0.15) is 0 Å². The Morgan fingerprint density at radius 3 is 1.96 bits per heavy atom. The van der Waals surface area contributed by atoms with E-state index in [1.807, 2.05) is 0 Å². The predicted octanol–water partition coefficient (Wildman–Crippen LogP) is 12.5. The molecule has 270 valence electrons. The molecule has 57 heavy (non-hydrogen) atoms. The molecule has 0 fully saturated rings. The van der Waals surface area contributed by atoms with E-state index in [1.165, 1.54) is 109 Å². The molecular weight excluding hydrogens is 693 g/mol. The molecule has 3 aromatic heterocycles. The van der Waals surface area contributed by atoms with Gasteiger partial charge in [-0.25, -0.2) is 0 Å². The van der Waals surface area contributed by atoms with E-state index in [1.54, 1.807) is 0 Å². The van der Waals surface area contributed by atoms with Gasteiger partial charge in [0.15, 0.2) is 0 Å². The summed E-state index contributed by atoms with van der Waals surface area (Å²) in [6.45, 7) is 0.784. The highest BCUT2D eigenvalue weighted by atomic mass is 15.1. The molecule has 1 aliphatic carbocycles. The molecule has 1 aliphatic heterocycles. The largest absolute Gasteiger partial charge is 0.372 e. The van der Waals surface area contributed by atoms with Crippen molar-refractivity contribution in [3.8, 4) is 11.1 Å². The molecule has 0 amide bonds. The molecule has 2 N–H and O–H groups in total. The Morgan fingerprint density at radius 2 is 1.12 bits per heavy atom. The minimum absolute atomic E-state index is 0.299. The molecule has 1 atom stereocenters. The van der Waals surface area contributed by atoms with Gasteiger partial charge in [0.2, 0.25) is 0 Å². The quantitative estimate of drug-likeness (QED) is 0.186. The molecule has 1 unspecified atom stereocenters. The number of benzene rings is 8. The number of aryl methyl sites for hydroxylation is 1. The van der Waals surface area contributed by atoms with E-state index in [4.69, 9.17) is 0 Å². The van der Waals surface area contributed by atoms with E-state index in [0.717, 1.165) is 6.67 Å². The average molecular weight is 731 g/mol. The Bertz CT molecular complexity index is 3500. The number of fused-ring (bicyclic) bond motifs is 14. The zero-order valence-corrected chi connectivity index (χ0v) is 31.5. The molecule has 11 aromatic rings. The zero-order valence-electron chi connectivity index (χ0n) is 31.5. The normalized spacial score (nSPS) is 15.4. The second kappa shape index (κ2) is 12.4. The Labute approximate surface area is 329 Å². The summed E-state index contributed by atoms with van der Waals surface area (Å²) in [5, 5.41) is 20.2. The van der Waals surface area contributed by atoms with Crippen LogP contribution in [0.5, 0.6) is 0 Å². The average Bonchev–Trinajstić information content (AvgIpc) is 3.91. The van der Waals surface area contributed by atoms with Crippen molar-refractivity contribution in [2.24, 2.45) is 7.05 Å². The van der Waals surface area contributed by atoms with Crippen LogP contribution < -0.4 is 10.6 Å². The molecule has 0 radical (unpaired) electrons. The van der Waals surface area contributed by atoms with Gasteiger partial charge in [0.25, 0.3) is 0 Å². The first-order valence-corrected chi connectivity index (χ1v) is 19.8. The molecule has 8 aromatic carbocycles. The standard InChI is InChI=1S/C29H18N2.C24H20N2/c1-30-24-11-4-3-8-23(24)27-18-13-14-22-20-10-6-9-19-17-7-2-5-12-25(17)31(28(19)20)29(22)21(18)15-16-26(27)30;1-2-6-17(7-3-1)18-10-11-20-15-21(13-12-19(20)14-18)24-22-8-4-5-9-23(22)25-16-26-24/h2-16H,1H3;1-15,23,25-26H,16H2. The lowest BCUT2D eigenvalue weighted by Gasteiger charge is -2.29. The number of nitrogens with one attached hydrogen (secondary N) is 2. The number of allylic oxidation sites excluding steroid dienone is 2. The number of hydrogen-bond acceptors (Lipinski definition) is 2. The first-order valence-electron chi connectivity index (χ1n) is 19.8. The van der Waals surface area contributed by atoms with Crippen LogP contribution in [0.3, 0.4) is 0 Å². The van der Waals surface area contributed by atoms with Crippen LogP contribution in [0, 0.1) is 0 Å². The summed E-state index contributed by atoms with van der Waals surface area (Å²) in [5.41, 5.74) is 12.8. The van der Waals surface area contributed by atoms with E-state index < -0.39 is 0 Å². The first-order chi connectivity index (χ1) is 28.2. The van der Waals surface area contributed by atoms with Gasteiger partial charge in [-0.1, -0.05) is 152 Å². The molecule has 4 heterocycles. The molecule has 13 rings (SSSR count). The van der Waals surface area contributed by atoms with Crippen molar-refractivity contribution in [1.82, 2.24) is 19.6 Å². The zero-order chi connectivity index (χ0) is 37.6. The molecule has 2 aliphatic rings. The third kappa shape index (κ3) is 4.78. The second-order valence-electron chi connectivity index (χ2n) is 15.4. The first kappa shape index (κ1) is 32.1. The Morgan fingerprint density at radius 1 is 0.491 bits per heavy atom. The maximum absolute atomic E-state index is 3.52. The second-order valence-corrected chi connectivity index (χ2v) is 15.4. The third-order valence-corrected chi connectivity index (χ3v) is 12.4. The van der Waals surface area contributed by atoms with Crippen LogP contribution in [0.2, 0.25) is 0 Å². The van der Waals surface area contributed by atoms with E-state index in [0.29, 0.717) is 6.04 Å². The Balaban J connectivity index is 0.000000127. The lowest BCUT2D eigenvalue weighted by Crippen LogP contribution is -2.42. The van der Waals surface area contributed by atoms with Crippen LogP contribution >= 0.6 is 0 Å². The monoisotopic (exact) mass is 730 g/mol. The van der Waals surface area contributed by atoms with Gasteiger partial charge in [-0.15, -0.1) is 0 Å². The summed E-state index contributed by atoms with van der Waals surface area (Å²) >= 11 is 0. The van der Waals surface area contributed by atoms with Crippen LogP contribution in [0.25, 0.3) is 98.3 Å². The minimum atomic E-state index is 0.299. The molecule has 4 nitrogen and oxygen atoms in total. The number of hydrogen-bond donors (Lipinski definition) is 2. The summed E-state index contributed by atoms with van der Waals surface area (Å²) < 4.78 is 4.81. The van der Waals surface area contributed by atoms with E-state index >= 15 is 0 Å². The van der Waals surface area contributed by atoms with Crippen molar-refractivity contribution in [2.75, 3.05) is 6.67 Å². The Kier molecular flexibility index (Phi) is 7.01. The summed E-state index contributed by atoms with van der Waals surface area (Å²) in [5.74, 6) is 0. The van der Waals surface area contributed by atoms with E-state index in [-0.39, 0.29) is 0 Å².